The molecule has 1 atom stereocenters. The Labute approximate surface area is 143 Å². The smallest absolute Gasteiger partial charge is 0.336 e. The van der Waals surface area contributed by atoms with E-state index in [0.29, 0.717) is 38.0 Å². The molecule has 0 aromatic heterocycles. The van der Waals surface area contributed by atoms with E-state index in [-0.39, 0.29) is 11.7 Å². The van der Waals surface area contributed by atoms with Gasteiger partial charge in [0.2, 0.25) is 0 Å². The molecule has 0 radical (unpaired) electrons. The molecular formula is C16H19F4N3S. The molecule has 24 heavy (non-hydrogen) atoms. The van der Waals surface area contributed by atoms with E-state index in [4.69, 9.17) is 12.2 Å². The fourth-order valence-corrected chi connectivity index (χ4v) is 4.17. The Morgan fingerprint density at radius 2 is 1.79 bits per heavy atom. The maximum absolute atomic E-state index is 13.8. The number of piperidine rings is 1. The van der Waals surface area contributed by atoms with Crippen LogP contribution in [0.1, 0.15) is 19.3 Å². The topological polar surface area (TPSA) is 27.3 Å². The first-order valence-corrected chi connectivity index (χ1v) is 8.33. The molecule has 0 bridgehead atoms. The monoisotopic (exact) mass is 361 g/mol. The lowest BCUT2D eigenvalue weighted by Crippen LogP contribution is -2.55. The van der Waals surface area contributed by atoms with E-state index in [2.05, 4.69) is 10.6 Å². The molecular weight excluding hydrogens is 342 g/mol. The highest BCUT2D eigenvalue weighted by molar-refractivity contribution is 7.80. The molecule has 132 valence electrons. The summed E-state index contributed by atoms with van der Waals surface area (Å²) in [6.45, 7) is 1.47. The lowest BCUT2D eigenvalue weighted by Gasteiger charge is -2.42. The van der Waals surface area contributed by atoms with E-state index >= 15 is 0 Å². The van der Waals surface area contributed by atoms with Crippen LogP contribution < -0.4 is 10.6 Å². The SMILES string of the molecule is Fc1ccc(NC(=S)N2CCC3(CCNCC3)C2C(F)(F)F)cc1. The number of anilines is 1. The minimum absolute atomic E-state index is 0.0411. The van der Waals surface area contributed by atoms with Crippen molar-refractivity contribution < 1.29 is 17.6 Å². The summed E-state index contributed by atoms with van der Waals surface area (Å²) in [5, 5.41) is 5.98. The zero-order valence-electron chi connectivity index (χ0n) is 13.0. The molecule has 1 spiro atoms. The summed E-state index contributed by atoms with van der Waals surface area (Å²) in [6.07, 6.45) is -2.88. The van der Waals surface area contributed by atoms with Crippen LogP contribution >= 0.6 is 12.2 Å². The van der Waals surface area contributed by atoms with Crippen molar-refractivity contribution in [3.05, 3.63) is 30.1 Å². The van der Waals surface area contributed by atoms with Gasteiger partial charge in [-0.15, -0.1) is 0 Å². The van der Waals surface area contributed by atoms with Gasteiger partial charge in [-0.1, -0.05) is 0 Å². The summed E-state index contributed by atoms with van der Waals surface area (Å²) in [5.41, 5.74) is -0.300. The fourth-order valence-electron chi connectivity index (χ4n) is 3.86. The fraction of sp³-hybridized carbons (Fsp3) is 0.562. The van der Waals surface area contributed by atoms with Crippen LogP contribution in [-0.4, -0.2) is 41.9 Å². The van der Waals surface area contributed by atoms with Gasteiger partial charge < -0.3 is 15.5 Å². The highest BCUT2D eigenvalue weighted by Gasteiger charge is 2.60. The number of benzene rings is 1. The van der Waals surface area contributed by atoms with Gasteiger partial charge in [0, 0.05) is 17.6 Å². The standard InChI is InChI=1S/C16H19F4N3S/c17-11-1-3-12(4-2-11)22-14(24)23-10-7-15(5-8-21-9-6-15)13(23)16(18,19)20/h1-4,13,21H,5-10H2,(H,22,24). The Bertz CT molecular complexity index is 596. The number of rotatable bonds is 1. The average molecular weight is 361 g/mol. The quantitative estimate of drug-likeness (QED) is 0.591. The minimum Gasteiger partial charge on any atom is -0.336 e. The molecule has 3 rings (SSSR count). The van der Waals surface area contributed by atoms with Gasteiger partial charge in [0.15, 0.2) is 5.11 Å². The Morgan fingerprint density at radius 1 is 1.17 bits per heavy atom. The van der Waals surface area contributed by atoms with Crippen molar-refractivity contribution in [1.82, 2.24) is 10.2 Å². The molecule has 8 heteroatoms. The molecule has 0 aliphatic carbocycles. The molecule has 1 unspecified atom stereocenters. The average Bonchev–Trinajstić information content (AvgIpc) is 2.89. The predicted octanol–water partition coefficient (Wildman–Crippen LogP) is 3.53. The van der Waals surface area contributed by atoms with Gasteiger partial charge >= 0.3 is 6.18 Å². The first-order chi connectivity index (χ1) is 11.3. The number of alkyl halides is 3. The summed E-state index contributed by atoms with van der Waals surface area (Å²) in [6, 6.07) is 3.82. The highest BCUT2D eigenvalue weighted by Crippen LogP contribution is 2.50. The van der Waals surface area contributed by atoms with Crippen molar-refractivity contribution in [3.8, 4) is 0 Å². The Hall–Kier alpha value is -1.41. The Balaban J connectivity index is 1.80. The van der Waals surface area contributed by atoms with Crippen molar-refractivity contribution >= 4 is 23.0 Å². The van der Waals surface area contributed by atoms with Crippen LogP contribution in [0.2, 0.25) is 0 Å². The van der Waals surface area contributed by atoms with Crippen LogP contribution in [0.25, 0.3) is 0 Å². The summed E-state index contributed by atoms with van der Waals surface area (Å²) in [7, 11) is 0. The number of likely N-dealkylation sites (tertiary alicyclic amines) is 1. The number of nitrogens with zero attached hydrogens (tertiary/aromatic N) is 1. The third-order valence-corrected chi connectivity index (χ3v) is 5.34. The number of hydrogen-bond acceptors (Lipinski definition) is 2. The van der Waals surface area contributed by atoms with E-state index in [0.717, 1.165) is 0 Å². The van der Waals surface area contributed by atoms with Crippen molar-refractivity contribution in [3.63, 3.8) is 0 Å². The Morgan fingerprint density at radius 3 is 2.38 bits per heavy atom. The number of hydrogen-bond donors (Lipinski definition) is 2. The number of halogens is 4. The van der Waals surface area contributed by atoms with Crippen LogP contribution in [0.15, 0.2) is 24.3 Å². The van der Waals surface area contributed by atoms with Crippen molar-refractivity contribution in [1.29, 1.82) is 0 Å². The molecule has 2 fully saturated rings. The third-order valence-electron chi connectivity index (χ3n) is 5.01. The van der Waals surface area contributed by atoms with Crippen molar-refractivity contribution in [2.24, 2.45) is 5.41 Å². The second kappa shape index (κ2) is 6.48. The number of thiocarbonyl (C=S) groups is 1. The van der Waals surface area contributed by atoms with Crippen molar-refractivity contribution in [2.75, 3.05) is 25.0 Å². The van der Waals surface area contributed by atoms with Gasteiger partial charge in [-0.25, -0.2) is 4.39 Å². The molecule has 2 N–H and O–H groups in total. The predicted molar refractivity (Wildman–Crippen MR) is 88.3 cm³/mol. The van der Waals surface area contributed by atoms with Gasteiger partial charge in [-0.2, -0.15) is 13.2 Å². The minimum atomic E-state index is -4.34. The van der Waals surface area contributed by atoms with Crippen LogP contribution in [0.5, 0.6) is 0 Å². The molecule has 2 aliphatic rings. The van der Waals surface area contributed by atoms with E-state index in [1.165, 1.54) is 29.2 Å². The zero-order valence-corrected chi connectivity index (χ0v) is 13.8. The van der Waals surface area contributed by atoms with Gasteiger partial charge in [-0.3, -0.25) is 0 Å². The van der Waals surface area contributed by atoms with E-state index in [9.17, 15) is 17.6 Å². The lowest BCUT2D eigenvalue weighted by atomic mass is 9.72. The van der Waals surface area contributed by atoms with E-state index < -0.39 is 23.5 Å². The second-order valence-electron chi connectivity index (χ2n) is 6.44. The summed E-state index contributed by atoms with van der Waals surface area (Å²) in [5.74, 6) is -0.408. The van der Waals surface area contributed by atoms with Gasteiger partial charge in [0.05, 0.1) is 0 Å². The van der Waals surface area contributed by atoms with Crippen LogP contribution in [-0.2, 0) is 0 Å². The molecule has 2 saturated heterocycles. The molecule has 1 aromatic carbocycles. The molecule has 0 saturated carbocycles. The third kappa shape index (κ3) is 3.35. The molecule has 3 nitrogen and oxygen atoms in total. The van der Waals surface area contributed by atoms with Crippen LogP contribution in [0.4, 0.5) is 23.2 Å². The second-order valence-corrected chi connectivity index (χ2v) is 6.82. The van der Waals surface area contributed by atoms with E-state index in [1.54, 1.807) is 0 Å². The highest BCUT2D eigenvalue weighted by atomic mass is 32.1. The zero-order chi connectivity index (χ0) is 17.4. The molecule has 2 heterocycles. The van der Waals surface area contributed by atoms with Crippen LogP contribution in [0, 0.1) is 11.2 Å². The van der Waals surface area contributed by atoms with E-state index in [1.807, 2.05) is 0 Å². The van der Waals surface area contributed by atoms with Gasteiger partial charge in [0.25, 0.3) is 0 Å². The first-order valence-electron chi connectivity index (χ1n) is 7.92. The number of nitrogens with one attached hydrogen (secondary N) is 2. The molecule has 0 amide bonds. The molecule has 2 aliphatic heterocycles. The normalized spacial score (nSPS) is 23.5. The van der Waals surface area contributed by atoms with Crippen molar-refractivity contribution in [2.45, 2.75) is 31.5 Å². The maximum atomic E-state index is 13.8. The summed E-state index contributed by atoms with van der Waals surface area (Å²) < 4.78 is 54.3. The molecule has 1 aromatic rings. The maximum Gasteiger partial charge on any atom is 0.409 e. The van der Waals surface area contributed by atoms with Gasteiger partial charge in [0.1, 0.15) is 11.9 Å². The summed E-state index contributed by atoms with van der Waals surface area (Å²) in [4.78, 5) is 1.25. The summed E-state index contributed by atoms with van der Waals surface area (Å²) >= 11 is 5.23. The van der Waals surface area contributed by atoms with Crippen LogP contribution in [0.3, 0.4) is 0 Å². The largest absolute Gasteiger partial charge is 0.409 e. The lowest BCUT2D eigenvalue weighted by molar-refractivity contribution is -0.193. The Kier molecular flexibility index (Phi) is 4.70. The first kappa shape index (κ1) is 17.4. The van der Waals surface area contributed by atoms with Gasteiger partial charge in [-0.05, 0) is 68.8 Å².